The molecule has 0 bridgehead atoms. The number of anilines is 1. The molecule has 2 saturated carbocycles. The van der Waals surface area contributed by atoms with Gasteiger partial charge in [0, 0.05) is 31.7 Å². The Kier molecular flexibility index (Phi) is 4.90. The Morgan fingerprint density at radius 1 is 1.28 bits per heavy atom. The lowest BCUT2D eigenvalue weighted by atomic mass is 9.79. The number of hydrogen-bond acceptors (Lipinski definition) is 7. The molecule has 1 saturated heterocycles. The number of methoxy groups -OCH3 is 1. The molecular formula is C18H29N5O2. The highest BCUT2D eigenvalue weighted by molar-refractivity contribution is 5.36. The van der Waals surface area contributed by atoms with Gasteiger partial charge in [0.1, 0.15) is 12.1 Å². The van der Waals surface area contributed by atoms with Crippen LogP contribution < -0.4 is 16.2 Å². The van der Waals surface area contributed by atoms with Gasteiger partial charge in [0.2, 0.25) is 0 Å². The quantitative estimate of drug-likeness (QED) is 0.649. The van der Waals surface area contributed by atoms with E-state index < -0.39 is 0 Å². The minimum Gasteiger partial charge on any atom is -0.383 e. The topological polar surface area (TPSA) is 80.3 Å². The minimum atomic E-state index is 0.153. The first-order valence-electron chi connectivity index (χ1n) is 9.40. The van der Waals surface area contributed by atoms with Gasteiger partial charge in [-0.1, -0.05) is 0 Å². The van der Waals surface area contributed by atoms with Gasteiger partial charge in [0.05, 0.1) is 30.0 Å². The molecule has 138 valence electrons. The summed E-state index contributed by atoms with van der Waals surface area (Å²) in [6.45, 7) is 3.64. The number of nitrogens with one attached hydrogen (secondary N) is 3. The van der Waals surface area contributed by atoms with E-state index in [2.05, 4.69) is 33.1 Å². The zero-order valence-corrected chi connectivity index (χ0v) is 15.1. The highest BCUT2D eigenvalue weighted by Crippen LogP contribution is 2.45. The molecule has 0 amide bonds. The van der Waals surface area contributed by atoms with Gasteiger partial charge in [-0.2, -0.15) is 0 Å². The molecule has 3 aliphatic rings. The predicted octanol–water partition coefficient (Wildman–Crippen LogP) is 1.79. The van der Waals surface area contributed by atoms with Gasteiger partial charge < -0.3 is 14.8 Å². The lowest BCUT2D eigenvalue weighted by Crippen LogP contribution is -2.38. The summed E-state index contributed by atoms with van der Waals surface area (Å²) >= 11 is 0. The van der Waals surface area contributed by atoms with Crippen molar-refractivity contribution in [2.45, 2.75) is 62.8 Å². The van der Waals surface area contributed by atoms with Crippen LogP contribution >= 0.6 is 0 Å². The number of rotatable bonds is 7. The van der Waals surface area contributed by atoms with Crippen LogP contribution in [0.5, 0.6) is 0 Å². The number of aromatic nitrogens is 2. The molecule has 4 unspecified atom stereocenters. The van der Waals surface area contributed by atoms with Crippen molar-refractivity contribution in [3.05, 3.63) is 18.1 Å². The molecule has 1 aromatic heterocycles. The molecule has 1 aliphatic heterocycles. The molecule has 4 rings (SSSR count). The van der Waals surface area contributed by atoms with Gasteiger partial charge >= 0.3 is 0 Å². The smallest absolute Gasteiger partial charge is 0.129 e. The fraction of sp³-hybridized carbons (Fsp3) is 0.778. The summed E-state index contributed by atoms with van der Waals surface area (Å²) in [7, 11) is 1.70. The molecule has 25 heavy (non-hydrogen) atoms. The Morgan fingerprint density at radius 2 is 2.16 bits per heavy atom. The molecular weight excluding hydrogens is 318 g/mol. The second kappa shape index (κ2) is 7.15. The Labute approximate surface area is 149 Å². The number of fused-ring (bicyclic) bond motifs is 1. The van der Waals surface area contributed by atoms with E-state index in [9.17, 15) is 0 Å². The van der Waals surface area contributed by atoms with Gasteiger partial charge in [-0.05, 0) is 39.0 Å². The van der Waals surface area contributed by atoms with Crippen LogP contribution in [0.25, 0.3) is 0 Å². The normalized spacial score (nSPS) is 33.0. The summed E-state index contributed by atoms with van der Waals surface area (Å²) < 4.78 is 11.4. The summed E-state index contributed by atoms with van der Waals surface area (Å²) in [5.74, 6) is 1.35. The Balaban J connectivity index is 1.42. The molecule has 3 N–H and O–H groups in total. The molecule has 2 heterocycles. The van der Waals surface area contributed by atoms with Crippen molar-refractivity contribution in [2.24, 2.45) is 5.92 Å². The van der Waals surface area contributed by atoms with E-state index in [1.807, 2.05) is 6.07 Å². The predicted molar refractivity (Wildman–Crippen MR) is 95.1 cm³/mol. The number of hydrazine groups is 1. The van der Waals surface area contributed by atoms with E-state index >= 15 is 0 Å². The maximum absolute atomic E-state index is 6.36. The molecule has 1 aromatic rings. The largest absolute Gasteiger partial charge is 0.383 e. The highest BCUT2D eigenvalue weighted by atomic mass is 16.5. The van der Waals surface area contributed by atoms with Crippen molar-refractivity contribution < 1.29 is 9.47 Å². The fourth-order valence-electron chi connectivity index (χ4n) is 4.03. The van der Waals surface area contributed by atoms with Crippen LogP contribution in [0.4, 0.5) is 5.82 Å². The molecule has 7 nitrogen and oxygen atoms in total. The van der Waals surface area contributed by atoms with Gasteiger partial charge in [-0.3, -0.25) is 5.43 Å². The summed E-state index contributed by atoms with van der Waals surface area (Å²) in [5, 5.41) is 3.28. The SMILES string of the molecule is COCCNc1cc(C2NNC3CCC(OC4(C)CC4)CC32)ncn1. The molecule has 0 spiro atoms. The Bertz CT molecular complexity index is 595. The van der Waals surface area contributed by atoms with E-state index in [0.717, 1.165) is 37.3 Å². The molecule has 4 atom stereocenters. The minimum absolute atomic E-state index is 0.153. The first-order valence-corrected chi connectivity index (χ1v) is 9.40. The van der Waals surface area contributed by atoms with Crippen LogP contribution in [0.3, 0.4) is 0 Å². The van der Waals surface area contributed by atoms with Crippen molar-refractivity contribution in [3.8, 4) is 0 Å². The third kappa shape index (κ3) is 3.95. The summed E-state index contributed by atoms with van der Waals surface area (Å²) in [6, 6.07) is 2.75. The van der Waals surface area contributed by atoms with Crippen LogP contribution in [0.15, 0.2) is 12.4 Å². The summed E-state index contributed by atoms with van der Waals surface area (Å²) in [4.78, 5) is 8.83. The van der Waals surface area contributed by atoms with Gasteiger partial charge in [0.25, 0.3) is 0 Å². The summed E-state index contributed by atoms with van der Waals surface area (Å²) in [5.41, 5.74) is 8.12. The van der Waals surface area contributed by atoms with Crippen molar-refractivity contribution in [1.29, 1.82) is 0 Å². The Morgan fingerprint density at radius 3 is 2.96 bits per heavy atom. The van der Waals surface area contributed by atoms with Crippen LogP contribution in [0.1, 0.15) is 50.8 Å². The van der Waals surface area contributed by atoms with Crippen molar-refractivity contribution in [3.63, 3.8) is 0 Å². The van der Waals surface area contributed by atoms with Crippen molar-refractivity contribution >= 4 is 5.82 Å². The number of ether oxygens (including phenoxy) is 2. The molecule has 3 fully saturated rings. The standard InChI is InChI=1S/C18H29N5O2/c1-18(5-6-18)25-12-3-4-14-13(9-12)17(23-22-14)15-10-16(21-11-20-15)19-7-8-24-2/h10-14,17,22-23H,3-9H2,1-2H3,(H,19,20,21). The van der Waals surface area contributed by atoms with E-state index in [1.165, 1.54) is 12.8 Å². The third-order valence-electron chi connectivity index (χ3n) is 5.73. The second-order valence-electron chi connectivity index (χ2n) is 7.79. The van der Waals surface area contributed by atoms with Crippen LogP contribution in [0.2, 0.25) is 0 Å². The highest BCUT2D eigenvalue weighted by Gasteiger charge is 2.46. The molecule has 0 aromatic carbocycles. The van der Waals surface area contributed by atoms with Crippen LogP contribution in [-0.4, -0.2) is 48.0 Å². The molecule has 7 heteroatoms. The van der Waals surface area contributed by atoms with E-state index in [4.69, 9.17) is 9.47 Å². The fourth-order valence-corrected chi connectivity index (χ4v) is 4.03. The van der Waals surface area contributed by atoms with Crippen molar-refractivity contribution in [2.75, 3.05) is 25.6 Å². The lowest BCUT2D eigenvalue weighted by Gasteiger charge is -2.34. The van der Waals surface area contributed by atoms with Crippen LogP contribution in [-0.2, 0) is 9.47 Å². The monoisotopic (exact) mass is 347 g/mol. The number of nitrogens with zero attached hydrogens (tertiary/aromatic N) is 2. The second-order valence-corrected chi connectivity index (χ2v) is 7.79. The zero-order valence-electron chi connectivity index (χ0n) is 15.1. The average molecular weight is 347 g/mol. The van der Waals surface area contributed by atoms with Crippen LogP contribution in [0, 0.1) is 5.92 Å². The number of hydrogen-bond donors (Lipinski definition) is 3. The average Bonchev–Trinajstić information content (AvgIpc) is 3.19. The van der Waals surface area contributed by atoms with Crippen molar-refractivity contribution in [1.82, 2.24) is 20.8 Å². The lowest BCUT2D eigenvalue weighted by molar-refractivity contribution is -0.0500. The maximum Gasteiger partial charge on any atom is 0.129 e. The Hall–Kier alpha value is -1.28. The van der Waals surface area contributed by atoms with E-state index in [0.29, 0.717) is 24.7 Å². The van der Waals surface area contributed by atoms with Gasteiger partial charge in [-0.25, -0.2) is 15.4 Å². The zero-order chi connectivity index (χ0) is 17.3. The molecule has 0 radical (unpaired) electrons. The maximum atomic E-state index is 6.36. The van der Waals surface area contributed by atoms with Gasteiger partial charge in [-0.15, -0.1) is 0 Å². The van der Waals surface area contributed by atoms with E-state index in [-0.39, 0.29) is 11.6 Å². The van der Waals surface area contributed by atoms with Gasteiger partial charge in [0.15, 0.2) is 0 Å². The first kappa shape index (κ1) is 17.1. The third-order valence-corrected chi connectivity index (χ3v) is 5.73. The molecule has 2 aliphatic carbocycles. The van der Waals surface area contributed by atoms with E-state index in [1.54, 1.807) is 13.4 Å². The first-order chi connectivity index (χ1) is 12.2. The summed E-state index contributed by atoms with van der Waals surface area (Å²) in [6.07, 6.45) is 7.81.